The number of pyridine rings is 2. The van der Waals surface area contributed by atoms with E-state index in [0.717, 1.165) is 29.8 Å². The molecule has 202 valence electrons. The first-order valence-electron chi connectivity index (χ1n) is 13.0. The Kier molecular flexibility index (Phi) is 6.95. The second kappa shape index (κ2) is 10.4. The summed E-state index contributed by atoms with van der Waals surface area (Å²) >= 11 is 0. The van der Waals surface area contributed by atoms with Crippen LogP contribution in [0.15, 0.2) is 42.7 Å². The molecule has 5 rings (SSSR count). The lowest BCUT2D eigenvalue weighted by Crippen LogP contribution is -2.42. The minimum atomic E-state index is -0.521. The Morgan fingerprint density at radius 1 is 1.18 bits per heavy atom. The first-order chi connectivity index (χ1) is 18.6. The summed E-state index contributed by atoms with van der Waals surface area (Å²) in [7, 11) is 0. The number of ether oxygens (including phenoxy) is 2. The van der Waals surface area contributed by atoms with Crippen molar-refractivity contribution < 1.29 is 14.3 Å². The molecule has 39 heavy (non-hydrogen) atoms. The van der Waals surface area contributed by atoms with E-state index in [0.29, 0.717) is 36.0 Å². The minimum Gasteiger partial charge on any atom is -0.469 e. The van der Waals surface area contributed by atoms with Crippen molar-refractivity contribution in [1.29, 1.82) is 5.26 Å². The number of imidazole rings is 1. The summed E-state index contributed by atoms with van der Waals surface area (Å²) in [6.07, 6.45) is 4.12. The number of hydrogen-bond acceptors (Lipinski definition) is 8. The summed E-state index contributed by atoms with van der Waals surface area (Å²) in [4.78, 5) is 23.0. The Hall–Kier alpha value is -4.46. The predicted molar refractivity (Wildman–Crippen MR) is 143 cm³/mol. The number of piperidine rings is 1. The van der Waals surface area contributed by atoms with Crippen molar-refractivity contribution in [3.05, 3.63) is 59.8 Å². The summed E-state index contributed by atoms with van der Waals surface area (Å²) in [5.41, 5.74) is 3.61. The second-order valence-corrected chi connectivity index (χ2v) is 10.7. The summed E-state index contributed by atoms with van der Waals surface area (Å²) in [6, 6.07) is 11.7. The van der Waals surface area contributed by atoms with Crippen LogP contribution in [-0.2, 0) is 4.74 Å². The summed E-state index contributed by atoms with van der Waals surface area (Å²) < 4.78 is 15.5. The third-order valence-corrected chi connectivity index (χ3v) is 6.75. The van der Waals surface area contributed by atoms with Crippen LogP contribution in [0.5, 0.6) is 5.88 Å². The number of fused-ring (bicyclic) bond motifs is 1. The average molecular weight is 529 g/mol. The molecular formula is C28H32N8O3. The molecule has 1 aliphatic heterocycles. The van der Waals surface area contributed by atoms with Crippen LogP contribution in [0.25, 0.3) is 16.9 Å². The molecule has 5 heterocycles. The van der Waals surface area contributed by atoms with E-state index in [2.05, 4.69) is 26.3 Å². The van der Waals surface area contributed by atoms with Crippen molar-refractivity contribution in [2.45, 2.75) is 65.2 Å². The standard InChI is InChI=1S/C28H32N8O3/c1-18-26(32-33-36(18)21-9-12-34(13-10-21)27(37)39-28(3,4)5)20-14-24-31-17-22(16-29)35(24)25(15-20)38-19(2)23-8-6-7-11-30-23/h6-8,11,14-15,17,19,21H,9-10,12-13H2,1-5H3/t19-/m1/s1. The van der Waals surface area contributed by atoms with Crippen LogP contribution in [0.3, 0.4) is 0 Å². The van der Waals surface area contributed by atoms with Crippen LogP contribution >= 0.6 is 0 Å². The SMILES string of the molecule is Cc1c(-c2cc(O[C@H](C)c3ccccn3)n3c(C#N)cnc3c2)nnn1C1CCN(C(=O)OC(C)(C)C)CC1. The van der Waals surface area contributed by atoms with Gasteiger partial charge in [0.25, 0.3) is 0 Å². The molecule has 1 aliphatic rings. The predicted octanol–water partition coefficient (Wildman–Crippen LogP) is 4.88. The molecule has 0 aromatic carbocycles. The average Bonchev–Trinajstić information content (AvgIpc) is 3.51. The fraction of sp³-hybridized carbons (Fsp3) is 0.429. The summed E-state index contributed by atoms with van der Waals surface area (Å²) in [6.45, 7) is 10.7. The van der Waals surface area contributed by atoms with Gasteiger partial charge in [0.15, 0.2) is 0 Å². The van der Waals surface area contributed by atoms with Gasteiger partial charge in [-0.05, 0) is 65.7 Å². The number of carbonyl (C=O) groups excluding carboxylic acids is 1. The van der Waals surface area contributed by atoms with Gasteiger partial charge in [0, 0.05) is 30.9 Å². The lowest BCUT2D eigenvalue weighted by atomic mass is 10.0. The van der Waals surface area contributed by atoms with Gasteiger partial charge in [0.1, 0.15) is 34.8 Å². The van der Waals surface area contributed by atoms with Crippen molar-refractivity contribution in [2.24, 2.45) is 0 Å². The largest absolute Gasteiger partial charge is 0.469 e. The second-order valence-electron chi connectivity index (χ2n) is 10.7. The van der Waals surface area contributed by atoms with E-state index >= 15 is 0 Å². The van der Waals surface area contributed by atoms with E-state index in [-0.39, 0.29) is 18.2 Å². The fourth-order valence-corrected chi connectivity index (χ4v) is 4.81. The number of aromatic nitrogens is 6. The van der Waals surface area contributed by atoms with Crippen molar-refractivity contribution in [3.63, 3.8) is 0 Å². The highest BCUT2D eigenvalue weighted by Crippen LogP contribution is 2.32. The van der Waals surface area contributed by atoms with E-state index < -0.39 is 5.60 Å². The number of hydrogen-bond donors (Lipinski definition) is 0. The number of nitrogens with zero attached hydrogens (tertiary/aromatic N) is 8. The topological polar surface area (TPSA) is 123 Å². The lowest BCUT2D eigenvalue weighted by Gasteiger charge is -2.33. The van der Waals surface area contributed by atoms with Crippen molar-refractivity contribution in [2.75, 3.05) is 13.1 Å². The van der Waals surface area contributed by atoms with Crippen LogP contribution < -0.4 is 4.74 Å². The zero-order valence-electron chi connectivity index (χ0n) is 22.8. The summed E-state index contributed by atoms with van der Waals surface area (Å²) in [5.74, 6) is 0.467. The van der Waals surface area contributed by atoms with Gasteiger partial charge in [-0.15, -0.1) is 5.10 Å². The molecule has 11 nitrogen and oxygen atoms in total. The summed E-state index contributed by atoms with van der Waals surface area (Å²) in [5, 5.41) is 18.6. The van der Waals surface area contributed by atoms with Crippen molar-refractivity contribution in [1.82, 2.24) is 34.3 Å². The number of rotatable bonds is 5. The Balaban J connectivity index is 1.41. The lowest BCUT2D eigenvalue weighted by molar-refractivity contribution is 0.0184. The Morgan fingerprint density at radius 2 is 1.95 bits per heavy atom. The molecule has 11 heteroatoms. The number of likely N-dealkylation sites (tertiary alicyclic amines) is 1. The minimum absolute atomic E-state index is 0.116. The molecule has 0 unspecified atom stereocenters. The highest BCUT2D eigenvalue weighted by molar-refractivity contribution is 5.69. The highest BCUT2D eigenvalue weighted by Gasteiger charge is 2.29. The molecule has 0 spiro atoms. The molecule has 1 saturated heterocycles. The number of carbonyl (C=O) groups is 1. The van der Waals surface area contributed by atoms with E-state index in [4.69, 9.17) is 9.47 Å². The van der Waals surface area contributed by atoms with Crippen LogP contribution in [-0.4, -0.2) is 59.0 Å². The van der Waals surface area contributed by atoms with E-state index in [9.17, 15) is 10.1 Å². The molecular weight excluding hydrogens is 496 g/mol. The zero-order valence-corrected chi connectivity index (χ0v) is 22.8. The normalized spacial score (nSPS) is 15.2. The van der Waals surface area contributed by atoms with Gasteiger partial charge in [-0.3, -0.25) is 9.38 Å². The molecule has 4 aromatic heterocycles. The van der Waals surface area contributed by atoms with Gasteiger partial charge in [0.2, 0.25) is 5.88 Å². The van der Waals surface area contributed by atoms with Gasteiger partial charge < -0.3 is 14.4 Å². The zero-order chi connectivity index (χ0) is 27.7. The molecule has 0 bridgehead atoms. The molecule has 1 atom stereocenters. The van der Waals surface area contributed by atoms with E-state index in [1.807, 2.05) is 69.6 Å². The molecule has 0 N–H and O–H groups in total. The third kappa shape index (κ3) is 5.41. The van der Waals surface area contributed by atoms with Crippen LogP contribution in [0, 0.1) is 18.3 Å². The highest BCUT2D eigenvalue weighted by atomic mass is 16.6. The van der Waals surface area contributed by atoms with Gasteiger partial charge in [-0.2, -0.15) is 5.26 Å². The molecule has 0 aliphatic carbocycles. The first kappa shape index (κ1) is 26.2. The maximum atomic E-state index is 12.5. The Bertz CT molecular complexity index is 1520. The van der Waals surface area contributed by atoms with E-state index in [1.54, 1.807) is 15.5 Å². The number of nitriles is 1. The smallest absolute Gasteiger partial charge is 0.410 e. The third-order valence-electron chi connectivity index (χ3n) is 6.75. The van der Waals surface area contributed by atoms with Crippen LogP contribution in [0.2, 0.25) is 0 Å². The Labute approximate surface area is 227 Å². The maximum absolute atomic E-state index is 12.5. The molecule has 0 radical (unpaired) electrons. The first-order valence-corrected chi connectivity index (χ1v) is 13.0. The van der Waals surface area contributed by atoms with Gasteiger partial charge in [0.05, 0.1) is 23.6 Å². The monoisotopic (exact) mass is 528 g/mol. The molecule has 4 aromatic rings. The van der Waals surface area contributed by atoms with Crippen molar-refractivity contribution >= 4 is 11.7 Å². The van der Waals surface area contributed by atoms with Gasteiger partial charge in [-0.1, -0.05) is 11.3 Å². The molecule has 0 saturated carbocycles. The molecule has 1 fully saturated rings. The molecule has 1 amide bonds. The van der Waals surface area contributed by atoms with Gasteiger partial charge >= 0.3 is 6.09 Å². The van der Waals surface area contributed by atoms with Crippen LogP contribution in [0.1, 0.15) is 69.8 Å². The van der Waals surface area contributed by atoms with E-state index in [1.165, 1.54) is 6.20 Å². The van der Waals surface area contributed by atoms with Crippen molar-refractivity contribution in [3.8, 4) is 23.2 Å². The number of amides is 1. The quantitative estimate of drug-likeness (QED) is 0.359. The maximum Gasteiger partial charge on any atom is 0.410 e. The van der Waals surface area contributed by atoms with Gasteiger partial charge in [-0.25, -0.2) is 14.5 Å². The van der Waals surface area contributed by atoms with Crippen LogP contribution in [0.4, 0.5) is 4.79 Å². The Morgan fingerprint density at radius 3 is 2.62 bits per heavy atom. The fourth-order valence-electron chi connectivity index (χ4n) is 4.81.